The highest BCUT2D eigenvalue weighted by Gasteiger charge is 2.17. The fourth-order valence-electron chi connectivity index (χ4n) is 2.97. The van der Waals surface area contributed by atoms with Gasteiger partial charge in [0.25, 0.3) is 5.56 Å². The zero-order valence-corrected chi connectivity index (χ0v) is 13.0. The summed E-state index contributed by atoms with van der Waals surface area (Å²) in [5.41, 5.74) is 3.70. The molecule has 0 bridgehead atoms. The van der Waals surface area contributed by atoms with Gasteiger partial charge in [0, 0.05) is 29.6 Å². The Morgan fingerprint density at radius 2 is 1.55 bits per heavy atom. The fourth-order valence-corrected chi connectivity index (χ4v) is 2.97. The summed E-state index contributed by atoms with van der Waals surface area (Å²) in [7, 11) is 0. The Bertz CT molecular complexity index is 833. The van der Waals surface area contributed by atoms with E-state index in [2.05, 4.69) is 41.9 Å². The lowest BCUT2D eigenvalue weighted by Crippen LogP contribution is -2.29. The SMILES string of the molecule is CCN(CC)c1c(-c2ccccc2)c2ccccc2[nH]c1=O. The van der Waals surface area contributed by atoms with Gasteiger partial charge in [0.2, 0.25) is 0 Å². The second-order valence-corrected chi connectivity index (χ2v) is 5.26. The number of hydrogen-bond donors (Lipinski definition) is 1. The summed E-state index contributed by atoms with van der Waals surface area (Å²) in [6.07, 6.45) is 0. The van der Waals surface area contributed by atoms with Gasteiger partial charge in [-0.3, -0.25) is 4.79 Å². The molecule has 0 unspecified atom stereocenters. The Kier molecular flexibility index (Phi) is 3.96. The monoisotopic (exact) mass is 292 g/mol. The van der Waals surface area contributed by atoms with Crippen molar-refractivity contribution in [2.45, 2.75) is 13.8 Å². The third-order valence-electron chi connectivity index (χ3n) is 4.04. The molecule has 0 saturated heterocycles. The van der Waals surface area contributed by atoms with Crippen molar-refractivity contribution < 1.29 is 0 Å². The van der Waals surface area contributed by atoms with Crippen LogP contribution in [0.15, 0.2) is 59.4 Å². The van der Waals surface area contributed by atoms with E-state index in [0.717, 1.165) is 40.8 Å². The van der Waals surface area contributed by atoms with E-state index in [1.54, 1.807) is 0 Å². The summed E-state index contributed by atoms with van der Waals surface area (Å²) in [5.74, 6) is 0. The Balaban J connectivity index is 2.43. The molecule has 0 saturated carbocycles. The van der Waals surface area contributed by atoms with Crippen LogP contribution in [-0.2, 0) is 0 Å². The van der Waals surface area contributed by atoms with Crippen LogP contribution in [0, 0.1) is 0 Å². The number of pyridine rings is 1. The lowest BCUT2D eigenvalue weighted by molar-refractivity contribution is 0.859. The van der Waals surface area contributed by atoms with E-state index in [9.17, 15) is 4.79 Å². The minimum Gasteiger partial charge on any atom is -0.367 e. The van der Waals surface area contributed by atoms with Gasteiger partial charge in [-0.2, -0.15) is 0 Å². The van der Waals surface area contributed by atoms with E-state index >= 15 is 0 Å². The van der Waals surface area contributed by atoms with E-state index in [4.69, 9.17) is 0 Å². The predicted octanol–water partition coefficient (Wildman–Crippen LogP) is 4.04. The van der Waals surface area contributed by atoms with Crippen molar-refractivity contribution >= 4 is 16.6 Å². The molecular weight excluding hydrogens is 272 g/mol. The first-order chi connectivity index (χ1) is 10.8. The van der Waals surface area contributed by atoms with E-state index < -0.39 is 0 Å². The minimum atomic E-state index is -0.0266. The molecule has 2 aromatic carbocycles. The number of anilines is 1. The van der Waals surface area contributed by atoms with Crippen molar-refractivity contribution in [3.05, 3.63) is 65.0 Å². The molecule has 22 heavy (non-hydrogen) atoms. The van der Waals surface area contributed by atoms with Gasteiger partial charge in [-0.25, -0.2) is 0 Å². The molecule has 0 fully saturated rings. The first-order valence-corrected chi connectivity index (χ1v) is 7.71. The predicted molar refractivity (Wildman–Crippen MR) is 93.6 cm³/mol. The van der Waals surface area contributed by atoms with Crippen molar-refractivity contribution in [3.63, 3.8) is 0 Å². The Morgan fingerprint density at radius 3 is 2.23 bits per heavy atom. The molecular formula is C19H20N2O. The molecule has 0 aliphatic carbocycles. The average molecular weight is 292 g/mol. The molecule has 0 spiro atoms. The van der Waals surface area contributed by atoms with E-state index in [1.807, 2.05) is 36.4 Å². The van der Waals surface area contributed by atoms with Gasteiger partial charge >= 0.3 is 0 Å². The number of para-hydroxylation sites is 1. The van der Waals surface area contributed by atoms with Crippen molar-refractivity contribution in [2.24, 2.45) is 0 Å². The molecule has 3 rings (SSSR count). The lowest BCUT2D eigenvalue weighted by atomic mass is 9.98. The maximum atomic E-state index is 12.7. The van der Waals surface area contributed by atoms with Crippen LogP contribution in [0.25, 0.3) is 22.0 Å². The van der Waals surface area contributed by atoms with Gasteiger partial charge in [0.15, 0.2) is 0 Å². The molecule has 3 nitrogen and oxygen atoms in total. The highest BCUT2D eigenvalue weighted by Crippen LogP contribution is 2.33. The van der Waals surface area contributed by atoms with Gasteiger partial charge in [-0.05, 0) is 25.5 Å². The standard InChI is InChI=1S/C19H20N2O/c1-3-21(4-2)18-17(14-10-6-5-7-11-14)15-12-8-9-13-16(15)20-19(18)22/h5-13H,3-4H2,1-2H3,(H,20,22). The van der Waals surface area contributed by atoms with E-state index in [-0.39, 0.29) is 5.56 Å². The number of nitrogens with one attached hydrogen (secondary N) is 1. The molecule has 0 aliphatic rings. The molecule has 1 N–H and O–H groups in total. The Hall–Kier alpha value is -2.55. The Labute approximate surface area is 130 Å². The topological polar surface area (TPSA) is 36.1 Å². The lowest BCUT2D eigenvalue weighted by Gasteiger charge is -2.24. The van der Waals surface area contributed by atoms with Crippen molar-refractivity contribution in [1.29, 1.82) is 0 Å². The van der Waals surface area contributed by atoms with Crippen LogP contribution in [0.4, 0.5) is 5.69 Å². The molecule has 0 aliphatic heterocycles. The third kappa shape index (κ3) is 2.39. The molecule has 3 heteroatoms. The molecule has 1 aromatic heterocycles. The van der Waals surface area contributed by atoms with Crippen LogP contribution in [0.1, 0.15) is 13.8 Å². The van der Waals surface area contributed by atoms with Crippen molar-refractivity contribution in [2.75, 3.05) is 18.0 Å². The highest BCUT2D eigenvalue weighted by atomic mass is 16.1. The largest absolute Gasteiger partial charge is 0.367 e. The molecule has 3 aromatic rings. The number of fused-ring (bicyclic) bond motifs is 1. The summed E-state index contributed by atoms with van der Waals surface area (Å²) in [5, 5.41) is 1.08. The molecule has 1 heterocycles. The van der Waals surface area contributed by atoms with Gasteiger partial charge < -0.3 is 9.88 Å². The summed E-state index contributed by atoms with van der Waals surface area (Å²) < 4.78 is 0. The van der Waals surface area contributed by atoms with Crippen molar-refractivity contribution in [1.82, 2.24) is 4.98 Å². The number of aromatic amines is 1. The number of aromatic nitrogens is 1. The number of rotatable bonds is 4. The average Bonchev–Trinajstić information content (AvgIpc) is 2.57. The van der Waals surface area contributed by atoms with Crippen LogP contribution in [0.3, 0.4) is 0 Å². The van der Waals surface area contributed by atoms with Crippen LogP contribution >= 0.6 is 0 Å². The number of benzene rings is 2. The first-order valence-electron chi connectivity index (χ1n) is 7.71. The molecule has 0 radical (unpaired) electrons. The summed E-state index contributed by atoms with van der Waals surface area (Å²) in [6.45, 7) is 5.76. The molecule has 112 valence electrons. The minimum absolute atomic E-state index is 0.0266. The van der Waals surface area contributed by atoms with E-state index in [0.29, 0.717) is 0 Å². The van der Waals surface area contributed by atoms with Gasteiger partial charge in [0.1, 0.15) is 5.69 Å². The summed E-state index contributed by atoms with van der Waals surface area (Å²) >= 11 is 0. The van der Waals surface area contributed by atoms with Crippen LogP contribution in [-0.4, -0.2) is 18.1 Å². The number of nitrogens with zero attached hydrogens (tertiary/aromatic N) is 1. The maximum Gasteiger partial charge on any atom is 0.272 e. The Morgan fingerprint density at radius 1 is 0.909 bits per heavy atom. The van der Waals surface area contributed by atoms with E-state index in [1.165, 1.54) is 0 Å². The third-order valence-corrected chi connectivity index (χ3v) is 4.04. The van der Waals surface area contributed by atoms with Crippen molar-refractivity contribution in [3.8, 4) is 11.1 Å². The van der Waals surface area contributed by atoms with Gasteiger partial charge in [0.05, 0.1) is 0 Å². The second kappa shape index (κ2) is 6.06. The van der Waals surface area contributed by atoms with Crippen LogP contribution in [0.5, 0.6) is 0 Å². The quantitative estimate of drug-likeness (QED) is 0.787. The highest BCUT2D eigenvalue weighted by molar-refractivity contribution is 6.00. The van der Waals surface area contributed by atoms with Crippen LogP contribution < -0.4 is 10.5 Å². The second-order valence-electron chi connectivity index (χ2n) is 5.26. The zero-order chi connectivity index (χ0) is 15.5. The first kappa shape index (κ1) is 14.4. The maximum absolute atomic E-state index is 12.7. The molecule has 0 atom stereocenters. The normalized spacial score (nSPS) is 10.8. The smallest absolute Gasteiger partial charge is 0.272 e. The summed E-state index contributed by atoms with van der Waals surface area (Å²) in [6, 6.07) is 18.1. The van der Waals surface area contributed by atoms with Gasteiger partial charge in [-0.1, -0.05) is 48.5 Å². The number of H-pyrrole nitrogens is 1. The van der Waals surface area contributed by atoms with Gasteiger partial charge in [-0.15, -0.1) is 0 Å². The zero-order valence-electron chi connectivity index (χ0n) is 13.0. The molecule has 0 amide bonds. The fraction of sp³-hybridized carbons (Fsp3) is 0.211. The van der Waals surface area contributed by atoms with Crippen LogP contribution in [0.2, 0.25) is 0 Å². The number of hydrogen-bond acceptors (Lipinski definition) is 2. The summed E-state index contributed by atoms with van der Waals surface area (Å²) in [4.78, 5) is 17.8.